The Hall–Kier alpha value is -1.26. The highest BCUT2D eigenvalue weighted by Crippen LogP contribution is 2.54. The second-order valence-electron chi connectivity index (χ2n) is 6.55. The second kappa shape index (κ2) is 4.14. The van der Waals surface area contributed by atoms with E-state index < -0.39 is 23.1 Å². The molecule has 0 spiro atoms. The SMILES string of the molecule is CC(C)(C)OC(=O)N[C@H]1C[C@@]2(C(=O)O)CC[C@@H]1C2. The molecule has 0 aromatic rings. The summed E-state index contributed by atoms with van der Waals surface area (Å²) in [5, 5.41) is 12.1. The van der Waals surface area contributed by atoms with Gasteiger partial charge in [-0.05, 0) is 52.4 Å². The van der Waals surface area contributed by atoms with Crippen molar-refractivity contribution in [3.8, 4) is 0 Å². The number of hydrogen-bond acceptors (Lipinski definition) is 3. The van der Waals surface area contributed by atoms with Gasteiger partial charge in [0, 0.05) is 6.04 Å². The maximum Gasteiger partial charge on any atom is 0.407 e. The fourth-order valence-electron chi connectivity index (χ4n) is 3.19. The van der Waals surface area contributed by atoms with Gasteiger partial charge in [0.15, 0.2) is 0 Å². The van der Waals surface area contributed by atoms with Gasteiger partial charge in [-0.1, -0.05) is 0 Å². The second-order valence-corrected chi connectivity index (χ2v) is 6.55. The minimum atomic E-state index is -0.724. The predicted molar refractivity (Wildman–Crippen MR) is 65.2 cm³/mol. The smallest absolute Gasteiger partial charge is 0.407 e. The molecule has 0 heterocycles. The number of amides is 1. The topological polar surface area (TPSA) is 75.6 Å². The Kier molecular flexibility index (Phi) is 3.03. The van der Waals surface area contributed by atoms with Crippen LogP contribution in [0.15, 0.2) is 0 Å². The molecular formula is C13H21NO4. The van der Waals surface area contributed by atoms with Crippen LogP contribution in [-0.2, 0) is 9.53 Å². The molecule has 2 saturated carbocycles. The van der Waals surface area contributed by atoms with Crippen molar-refractivity contribution < 1.29 is 19.4 Å². The summed E-state index contributed by atoms with van der Waals surface area (Å²) in [5.74, 6) is -0.438. The van der Waals surface area contributed by atoms with E-state index in [1.807, 2.05) is 20.8 Å². The molecule has 5 nitrogen and oxygen atoms in total. The molecule has 1 amide bonds. The van der Waals surface area contributed by atoms with E-state index in [1.54, 1.807) is 0 Å². The molecular weight excluding hydrogens is 234 g/mol. The van der Waals surface area contributed by atoms with E-state index in [0.29, 0.717) is 12.8 Å². The first-order valence-corrected chi connectivity index (χ1v) is 6.45. The monoisotopic (exact) mass is 255 g/mol. The minimum absolute atomic E-state index is 0.0512. The Labute approximate surface area is 107 Å². The van der Waals surface area contributed by atoms with E-state index in [-0.39, 0.29) is 12.0 Å². The molecule has 2 N–H and O–H groups in total. The summed E-state index contributed by atoms with van der Waals surface area (Å²) >= 11 is 0. The molecule has 0 aromatic carbocycles. The molecule has 2 rings (SSSR count). The zero-order valence-electron chi connectivity index (χ0n) is 11.2. The maximum atomic E-state index is 11.7. The highest BCUT2D eigenvalue weighted by atomic mass is 16.6. The van der Waals surface area contributed by atoms with Crippen LogP contribution >= 0.6 is 0 Å². The fraction of sp³-hybridized carbons (Fsp3) is 0.846. The highest BCUT2D eigenvalue weighted by Gasteiger charge is 2.55. The predicted octanol–water partition coefficient (Wildman–Crippen LogP) is 2.15. The van der Waals surface area contributed by atoms with E-state index in [2.05, 4.69) is 5.32 Å². The Bertz CT molecular complexity index is 374. The van der Waals surface area contributed by atoms with Gasteiger partial charge in [0.2, 0.25) is 0 Å². The van der Waals surface area contributed by atoms with Gasteiger partial charge in [-0.2, -0.15) is 0 Å². The Morgan fingerprint density at radius 3 is 2.50 bits per heavy atom. The normalized spacial score (nSPS) is 34.4. The summed E-state index contributed by atoms with van der Waals surface area (Å²) in [7, 11) is 0. The van der Waals surface area contributed by atoms with E-state index in [1.165, 1.54) is 0 Å². The van der Waals surface area contributed by atoms with Gasteiger partial charge in [0.1, 0.15) is 5.60 Å². The number of carbonyl (C=O) groups is 2. The number of carbonyl (C=O) groups excluding carboxylic acids is 1. The molecule has 0 unspecified atom stereocenters. The van der Waals surface area contributed by atoms with Crippen molar-refractivity contribution in [3.05, 3.63) is 0 Å². The van der Waals surface area contributed by atoms with Crippen LogP contribution in [0.25, 0.3) is 0 Å². The van der Waals surface area contributed by atoms with Crippen molar-refractivity contribution in [1.29, 1.82) is 0 Å². The molecule has 2 aliphatic carbocycles. The summed E-state index contributed by atoms with van der Waals surface area (Å²) < 4.78 is 5.20. The van der Waals surface area contributed by atoms with Crippen LogP contribution in [0.5, 0.6) is 0 Å². The fourth-order valence-corrected chi connectivity index (χ4v) is 3.19. The number of carboxylic acid groups (broad SMARTS) is 1. The number of fused-ring (bicyclic) bond motifs is 2. The van der Waals surface area contributed by atoms with Gasteiger partial charge in [-0.3, -0.25) is 4.79 Å². The lowest BCUT2D eigenvalue weighted by molar-refractivity contribution is -0.148. The Balaban J connectivity index is 1.94. The minimum Gasteiger partial charge on any atom is -0.481 e. The van der Waals surface area contributed by atoms with Crippen molar-refractivity contribution in [3.63, 3.8) is 0 Å². The first-order valence-electron chi connectivity index (χ1n) is 6.45. The van der Waals surface area contributed by atoms with Gasteiger partial charge in [0.05, 0.1) is 5.41 Å². The van der Waals surface area contributed by atoms with Crippen LogP contribution in [0.4, 0.5) is 4.79 Å². The van der Waals surface area contributed by atoms with Gasteiger partial charge >= 0.3 is 12.1 Å². The van der Waals surface area contributed by atoms with Crippen LogP contribution in [0.1, 0.15) is 46.5 Å². The van der Waals surface area contributed by atoms with Crippen LogP contribution in [0.2, 0.25) is 0 Å². The number of carboxylic acids is 1. The molecule has 0 aliphatic heterocycles. The van der Waals surface area contributed by atoms with E-state index in [0.717, 1.165) is 12.8 Å². The highest BCUT2D eigenvalue weighted by molar-refractivity contribution is 5.76. The zero-order valence-corrected chi connectivity index (χ0v) is 11.2. The molecule has 2 fully saturated rings. The average Bonchev–Trinajstić information content (AvgIpc) is 2.72. The molecule has 2 bridgehead atoms. The lowest BCUT2D eigenvalue weighted by Crippen LogP contribution is -2.43. The van der Waals surface area contributed by atoms with Crippen LogP contribution in [-0.4, -0.2) is 28.8 Å². The summed E-state index contributed by atoms with van der Waals surface area (Å²) in [5.41, 5.74) is -1.13. The zero-order chi connectivity index (χ0) is 13.6. The summed E-state index contributed by atoms with van der Waals surface area (Å²) in [6.07, 6.45) is 2.39. The van der Waals surface area contributed by atoms with Gasteiger partial charge < -0.3 is 15.2 Å². The Morgan fingerprint density at radius 1 is 1.33 bits per heavy atom. The van der Waals surface area contributed by atoms with Crippen molar-refractivity contribution >= 4 is 12.1 Å². The lowest BCUT2D eigenvalue weighted by Gasteiger charge is -2.28. The van der Waals surface area contributed by atoms with Gasteiger partial charge in [-0.15, -0.1) is 0 Å². The number of nitrogens with one attached hydrogen (secondary N) is 1. The number of alkyl carbamates (subject to hydrolysis) is 1. The molecule has 0 aromatic heterocycles. The number of rotatable bonds is 2. The molecule has 0 saturated heterocycles. The van der Waals surface area contributed by atoms with E-state index in [9.17, 15) is 14.7 Å². The van der Waals surface area contributed by atoms with Crippen LogP contribution in [0, 0.1) is 11.3 Å². The standard InChI is InChI=1S/C13H21NO4/c1-12(2,3)18-11(17)14-9-7-13(10(15)16)5-4-8(9)6-13/h8-9H,4-7H2,1-3H3,(H,14,17)(H,15,16)/t8-,9+,13-/m1/s1. The molecule has 102 valence electrons. The van der Waals surface area contributed by atoms with Crippen LogP contribution < -0.4 is 5.32 Å². The van der Waals surface area contributed by atoms with Gasteiger partial charge in [-0.25, -0.2) is 4.79 Å². The van der Waals surface area contributed by atoms with Crippen molar-refractivity contribution in [2.75, 3.05) is 0 Å². The molecule has 18 heavy (non-hydrogen) atoms. The molecule has 0 radical (unpaired) electrons. The lowest BCUT2D eigenvalue weighted by atomic mass is 9.83. The molecule has 3 atom stereocenters. The first kappa shape index (κ1) is 13.2. The van der Waals surface area contributed by atoms with Crippen LogP contribution in [0.3, 0.4) is 0 Å². The third kappa shape index (κ3) is 2.44. The van der Waals surface area contributed by atoms with Gasteiger partial charge in [0.25, 0.3) is 0 Å². The summed E-state index contributed by atoms with van der Waals surface area (Å²) in [6, 6.07) is -0.0512. The maximum absolute atomic E-state index is 11.7. The summed E-state index contributed by atoms with van der Waals surface area (Å²) in [6.45, 7) is 5.43. The number of ether oxygens (including phenoxy) is 1. The third-order valence-electron chi connectivity index (χ3n) is 3.98. The van der Waals surface area contributed by atoms with Crippen molar-refractivity contribution in [2.24, 2.45) is 11.3 Å². The molecule has 5 heteroatoms. The summed E-state index contributed by atoms with van der Waals surface area (Å²) in [4.78, 5) is 23.0. The Morgan fingerprint density at radius 2 is 2.00 bits per heavy atom. The van der Waals surface area contributed by atoms with Crippen molar-refractivity contribution in [2.45, 2.75) is 58.1 Å². The third-order valence-corrected chi connectivity index (χ3v) is 3.98. The largest absolute Gasteiger partial charge is 0.481 e. The molecule has 2 aliphatic rings. The average molecular weight is 255 g/mol. The van der Waals surface area contributed by atoms with Crippen molar-refractivity contribution in [1.82, 2.24) is 5.32 Å². The van der Waals surface area contributed by atoms with E-state index >= 15 is 0 Å². The quantitative estimate of drug-likeness (QED) is 0.792. The number of aliphatic carboxylic acids is 1. The van der Waals surface area contributed by atoms with E-state index in [4.69, 9.17) is 4.74 Å². The number of hydrogen-bond donors (Lipinski definition) is 2. The first-order chi connectivity index (χ1) is 8.22.